The second kappa shape index (κ2) is 10.3. The highest BCUT2D eigenvalue weighted by molar-refractivity contribution is 7.99. The predicted octanol–water partition coefficient (Wildman–Crippen LogP) is 4.51. The van der Waals surface area contributed by atoms with Crippen molar-refractivity contribution in [2.75, 3.05) is 25.5 Å². The van der Waals surface area contributed by atoms with Crippen LogP contribution in [0.15, 0.2) is 29.2 Å². The molecule has 1 unspecified atom stereocenters. The monoisotopic (exact) mass is 295 g/mol. The Bertz CT molecular complexity index is 368. The quantitative estimate of drug-likeness (QED) is 0.507. The molecule has 0 fully saturated rings. The van der Waals surface area contributed by atoms with Crippen LogP contribution in [0.25, 0.3) is 0 Å². The lowest BCUT2D eigenvalue weighted by molar-refractivity contribution is 0.138. The molecule has 1 rings (SSSR count). The molecule has 0 amide bonds. The fraction of sp³-hybridized carbons (Fsp3) is 0.647. The number of benzene rings is 1. The zero-order chi connectivity index (χ0) is 14.8. The normalized spacial score (nSPS) is 12.8. The molecule has 0 aliphatic rings. The van der Waals surface area contributed by atoms with Crippen molar-refractivity contribution in [3.63, 3.8) is 0 Å². The second-order valence-corrected chi connectivity index (χ2v) is 6.66. The van der Waals surface area contributed by atoms with Crippen molar-refractivity contribution in [3.8, 4) is 0 Å². The molecule has 0 aromatic heterocycles. The van der Waals surface area contributed by atoms with Gasteiger partial charge in [0.2, 0.25) is 0 Å². The fourth-order valence-electron chi connectivity index (χ4n) is 1.94. The Morgan fingerprint density at radius 2 is 2.00 bits per heavy atom. The summed E-state index contributed by atoms with van der Waals surface area (Å²) in [7, 11) is 0. The van der Waals surface area contributed by atoms with Gasteiger partial charge in [-0.1, -0.05) is 32.9 Å². The molecule has 0 aliphatic carbocycles. The van der Waals surface area contributed by atoms with E-state index in [-0.39, 0.29) is 0 Å². The molecule has 114 valence electrons. The van der Waals surface area contributed by atoms with Crippen molar-refractivity contribution in [1.82, 2.24) is 5.32 Å². The van der Waals surface area contributed by atoms with Gasteiger partial charge in [-0.15, -0.1) is 11.8 Å². The third-order valence-electron chi connectivity index (χ3n) is 3.20. The fourth-order valence-corrected chi connectivity index (χ4v) is 2.77. The van der Waals surface area contributed by atoms with Crippen molar-refractivity contribution in [2.45, 2.75) is 45.1 Å². The Kier molecular flexibility index (Phi) is 8.99. The van der Waals surface area contributed by atoms with Crippen LogP contribution in [0.1, 0.15) is 45.7 Å². The third kappa shape index (κ3) is 7.32. The summed E-state index contributed by atoms with van der Waals surface area (Å²) in [5, 5.41) is 3.45. The molecule has 1 atom stereocenters. The first-order chi connectivity index (χ1) is 9.63. The van der Waals surface area contributed by atoms with Crippen molar-refractivity contribution < 1.29 is 4.74 Å². The Labute approximate surface area is 128 Å². The first kappa shape index (κ1) is 17.5. The van der Waals surface area contributed by atoms with Crippen molar-refractivity contribution in [2.24, 2.45) is 5.92 Å². The molecule has 1 aromatic rings. The van der Waals surface area contributed by atoms with Gasteiger partial charge in [-0.25, -0.2) is 0 Å². The van der Waals surface area contributed by atoms with E-state index in [1.807, 2.05) is 11.8 Å². The molecule has 3 heteroatoms. The van der Waals surface area contributed by atoms with Crippen LogP contribution in [0.4, 0.5) is 0 Å². The summed E-state index contributed by atoms with van der Waals surface area (Å²) < 4.78 is 5.65. The summed E-state index contributed by atoms with van der Waals surface area (Å²) in [4.78, 5) is 1.33. The van der Waals surface area contributed by atoms with E-state index < -0.39 is 0 Å². The summed E-state index contributed by atoms with van der Waals surface area (Å²) in [6.07, 6.45) is 1.15. The summed E-state index contributed by atoms with van der Waals surface area (Å²) in [6.45, 7) is 11.5. The smallest absolute Gasteiger partial charge is 0.0560 e. The Hall–Kier alpha value is -0.510. The van der Waals surface area contributed by atoms with Crippen LogP contribution in [0, 0.1) is 5.92 Å². The molecule has 0 radical (unpaired) electrons. The van der Waals surface area contributed by atoms with Crippen LogP contribution in [0.3, 0.4) is 0 Å². The number of nitrogens with one attached hydrogen (secondary N) is 1. The summed E-state index contributed by atoms with van der Waals surface area (Å²) in [5.41, 5.74) is 1.36. The highest BCUT2D eigenvalue weighted by Crippen LogP contribution is 2.22. The molecule has 0 saturated heterocycles. The molecule has 1 aromatic carbocycles. The number of ether oxygens (including phenoxy) is 1. The van der Waals surface area contributed by atoms with Gasteiger partial charge in [0, 0.05) is 23.3 Å². The van der Waals surface area contributed by atoms with Crippen molar-refractivity contribution in [3.05, 3.63) is 29.8 Å². The van der Waals surface area contributed by atoms with Gasteiger partial charge in [0.05, 0.1) is 6.61 Å². The lowest BCUT2D eigenvalue weighted by atomic mass is 10.1. The van der Waals surface area contributed by atoms with Gasteiger partial charge in [0.25, 0.3) is 0 Å². The topological polar surface area (TPSA) is 21.3 Å². The molecule has 0 aliphatic heterocycles. The molecule has 20 heavy (non-hydrogen) atoms. The van der Waals surface area contributed by atoms with Gasteiger partial charge in [0.15, 0.2) is 0 Å². The van der Waals surface area contributed by atoms with E-state index >= 15 is 0 Å². The number of hydrogen-bond donors (Lipinski definition) is 1. The van der Waals surface area contributed by atoms with Crippen LogP contribution in [0.5, 0.6) is 0 Å². The maximum absolute atomic E-state index is 5.65. The van der Waals surface area contributed by atoms with E-state index in [0.717, 1.165) is 37.9 Å². The third-order valence-corrected chi connectivity index (χ3v) is 4.16. The predicted molar refractivity (Wildman–Crippen MR) is 89.5 cm³/mol. The average Bonchev–Trinajstić information content (AvgIpc) is 2.43. The molecule has 2 nitrogen and oxygen atoms in total. The SMILES string of the molecule is CCNC(C)c1cccc(SCCOCCC(C)C)c1. The Morgan fingerprint density at radius 1 is 1.20 bits per heavy atom. The molecular formula is C17H29NOS. The molecule has 0 spiro atoms. The van der Waals surface area contributed by atoms with E-state index in [1.54, 1.807) is 0 Å². The zero-order valence-electron chi connectivity index (χ0n) is 13.3. The first-order valence-electron chi connectivity index (χ1n) is 7.67. The van der Waals surface area contributed by atoms with Crippen LogP contribution >= 0.6 is 11.8 Å². The second-order valence-electron chi connectivity index (χ2n) is 5.50. The van der Waals surface area contributed by atoms with Gasteiger partial charge in [-0.05, 0) is 43.5 Å². The molecule has 0 bridgehead atoms. The molecular weight excluding hydrogens is 266 g/mol. The van der Waals surface area contributed by atoms with Gasteiger partial charge in [-0.3, -0.25) is 0 Å². The van der Waals surface area contributed by atoms with E-state index in [1.165, 1.54) is 10.5 Å². The van der Waals surface area contributed by atoms with E-state index in [2.05, 4.69) is 57.3 Å². The Morgan fingerprint density at radius 3 is 2.70 bits per heavy atom. The van der Waals surface area contributed by atoms with Gasteiger partial charge >= 0.3 is 0 Å². The number of rotatable bonds is 10. The molecule has 1 N–H and O–H groups in total. The highest BCUT2D eigenvalue weighted by atomic mass is 32.2. The molecule has 0 saturated carbocycles. The van der Waals surface area contributed by atoms with Gasteiger partial charge in [-0.2, -0.15) is 0 Å². The van der Waals surface area contributed by atoms with Gasteiger partial charge in [0.1, 0.15) is 0 Å². The van der Waals surface area contributed by atoms with Crippen molar-refractivity contribution in [1.29, 1.82) is 0 Å². The lowest BCUT2D eigenvalue weighted by Crippen LogP contribution is -2.17. The summed E-state index contributed by atoms with van der Waals surface area (Å²) >= 11 is 1.88. The van der Waals surface area contributed by atoms with Crippen LogP contribution < -0.4 is 5.32 Å². The average molecular weight is 295 g/mol. The summed E-state index contributed by atoms with van der Waals surface area (Å²) in [5.74, 6) is 1.75. The van der Waals surface area contributed by atoms with E-state index in [4.69, 9.17) is 4.74 Å². The van der Waals surface area contributed by atoms with E-state index in [9.17, 15) is 0 Å². The number of hydrogen-bond acceptors (Lipinski definition) is 3. The Balaban J connectivity index is 2.28. The number of thioether (sulfide) groups is 1. The standard InChI is InChI=1S/C17H29NOS/c1-5-18-15(4)16-7-6-8-17(13-16)20-12-11-19-10-9-14(2)3/h6-8,13-15,18H,5,9-12H2,1-4H3. The van der Waals surface area contributed by atoms with Crippen molar-refractivity contribution >= 4 is 11.8 Å². The van der Waals surface area contributed by atoms with E-state index in [0.29, 0.717) is 6.04 Å². The van der Waals surface area contributed by atoms with Gasteiger partial charge < -0.3 is 10.1 Å². The summed E-state index contributed by atoms with van der Waals surface area (Å²) in [6, 6.07) is 9.22. The maximum Gasteiger partial charge on any atom is 0.0560 e. The zero-order valence-corrected chi connectivity index (χ0v) is 14.1. The maximum atomic E-state index is 5.65. The minimum atomic E-state index is 0.419. The largest absolute Gasteiger partial charge is 0.381 e. The first-order valence-corrected chi connectivity index (χ1v) is 8.66. The van der Waals surface area contributed by atoms with Crippen LogP contribution in [-0.2, 0) is 4.74 Å². The minimum absolute atomic E-state index is 0.419. The molecule has 0 heterocycles. The highest BCUT2D eigenvalue weighted by Gasteiger charge is 2.04. The minimum Gasteiger partial charge on any atom is -0.381 e. The van der Waals surface area contributed by atoms with Crippen LogP contribution in [-0.4, -0.2) is 25.5 Å². The lowest BCUT2D eigenvalue weighted by Gasteiger charge is -2.13. The van der Waals surface area contributed by atoms with Crippen LogP contribution in [0.2, 0.25) is 0 Å².